The number of hydrogen-bond acceptors (Lipinski definition) is 7. The van der Waals surface area contributed by atoms with Gasteiger partial charge in [0, 0.05) is 37.8 Å². The van der Waals surface area contributed by atoms with Crippen LogP contribution in [0.1, 0.15) is 5.56 Å². The number of ether oxygens (including phenoxy) is 1. The van der Waals surface area contributed by atoms with Gasteiger partial charge in [-0.2, -0.15) is 0 Å². The molecular weight excluding hydrogens is 400 g/mol. The number of aromatic nitrogens is 1. The SMILES string of the molecule is COc1ccc(S(=O)(=O)c2cnc3ccc(C)cc3c2NN2CCN(C)CC2)cc1. The topological polar surface area (TPSA) is 74.8 Å². The monoisotopic (exact) mass is 426 g/mol. The van der Waals surface area contributed by atoms with Crippen molar-refractivity contribution in [1.29, 1.82) is 0 Å². The summed E-state index contributed by atoms with van der Waals surface area (Å²) in [4.78, 5) is 7.07. The maximum absolute atomic E-state index is 13.5. The van der Waals surface area contributed by atoms with Gasteiger partial charge in [0.15, 0.2) is 0 Å². The molecule has 4 rings (SSSR count). The molecule has 158 valence electrons. The van der Waals surface area contributed by atoms with Crippen LogP contribution in [-0.2, 0) is 9.84 Å². The average Bonchev–Trinajstić information content (AvgIpc) is 2.75. The highest BCUT2D eigenvalue weighted by atomic mass is 32.2. The lowest BCUT2D eigenvalue weighted by atomic mass is 10.1. The molecular formula is C22H26N4O3S. The zero-order valence-electron chi connectivity index (χ0n) is 17.4. The number of nitrogens with one attached hydrogen (secondary N) is 1. The van der Waals surface area contributed by atoms with E-state index >= 15 is 0 Å². The molecule has 1 aromatic heterocycles. The second-order valence-electron chi connectivity index (χ2n) is 7.60. The Labute approximate surface area is 177 Å². The van der Waals surface area contributed by atoms with Crippen molar-refractivity contribution in [2.24, 2.45) is 0 Å². The number of sulfone groups is 1. The largest absolute Gasteiger partial charge is 0.497 e. The zero-order chi connectivity index (χ0) is 21.3. The van der Waals surface area contributed by atoms with Gasteiger partial charge in [-0.05, 0) is 50.4 Å². The normalized spacial score (nSPS) is 16.0. The summed E-state index contributed by atoms with van der Waals surface area (Å²) in [5.74, 6) is 0.608. The van der Waals surface area contributed by atoms with Crippen LogP contribution in [0.4, 0.5) is 5.69 Å². The number of methoxy groups -OCH3 is 1. The van der Waals surface area contributed by atoms with E-state index in [1.54, 1.807) is 31.4 Å². The van der Waals surface area contributed by atoms with Crippen molar-refractivity contribution >= 4 is 26.4 Å². The summed E-state index contributed by atoms with van der Waals surface area (Å²) in [5.41, 5.74) is 5.78. The van der Waals surface area contributed by atoms with Crippen LogP contribution in [-0.4, -0.2) is 63.6 Å². The lowest BCUT2D eigenvalue weighted by molar-refractivity contribution is 0.179. The Hall–Kier alpha value is -2.68. The van der Waals surface area contributed by atoms with Gasteiger partial charge >= 0.3 is 0 Å². The lowest BCUT2D eigenvalue weighted by Gasteiger charge is -2.33. The molecule has 0 spiro atoms. The number of pyridine rings is 1. The Morgan fingerprint density at radius 3 is 2.40 bits per heavy atom. The first-order valence-electron chi connectivity index (χ1n) is 9.87. The third kappa shape index (κ3) is 3.98. The number of hydrazine groups is 1. The fraction of sp³-hybridized carbons (Fsp3) is 0.318. The smallest absolute Gasteiger partial charge is 0.210 e. The third-order valence-electron chi connectivity index (χ3n) is 5.42. The first-order chi connectivity index (χ1) is 14.4. The number of aryl methyl sites for hydroxylation is 1. The number of hydrogen-bond donors (Lipinski definition) is 1. The first-order valence-corrected chi connectivity index (χ1v) is 11.4. The Bertz CT molecular complexity index is 1150. The molecule has 0 radical (unpaired) electrons. The van der Waals surface area contributed by atoms with Crippen molar-refractivity contribution in [1.82, 2.24) is 14.9 Å². The van der Waals surface area contributed by atoms with Crippen LogP contribution in [0.2, 0.25) is 0 Å². The summed E-state index contributed by atoms with van der Waals surface area (Å²) < 4.78 is 32.2. The average molecular weight is 427 g/mol. The first kappa shape index (κ1) is 20.6. The number of rotatable bonds is 5. The molecule has 1 aliphatic heterocycles. The molecule has 2 heterocycles. The minimum Gasteiger partial charge on any atom is -0.497 e. The highest BCUT2D eigenvalue weighted by Gasteiger charge is 2.26. The van der Waals surface area contributed by atoms with Crippen LogP contribution in [0.15, 0.2) is 58.5 Å². The van der Waals surface area contributed by atoms with E-state index in [0.717, 1.165) is 42.6 Å². The zero-order valence-corrected chi connectivity index (χ0v) is 18.2. The summed E-state index contributed by atoms with van der Waals surface area (Å²) in [6.07, 6.45) is 1.45. The van der Waals surface area contributed by atoms with E-state index in [1.165, 1.54) is 6.20 Å². The number of nitrogens with zero attached hydrogens (tertiary/aromatic N) is 3. The Morgan fingerprint density at radius 2 is 1.73 bits per heavy atom. The van der Waals surface area contributed by atoms with Crippen molar-refractivity contribution in [2.75, 3.05) is 45.8 Å². The molecule has 30 heavy (non-hydrogen) atoms. The van der Waals surface area contributed by atoms with E-state index in [-0.39, 0.29) is 9.79 Å². The molecule has 0 atom stereocenters. The van der Waals surface area contributed by atoms with Gasteiger partial charge in [-0.25, -0.2) is 13.4 Å². The molecule has 7 nitrogen and oxygen atoms in total. The quantitative estimate of drug-likeness (QED) is 0.672. The molecule has 1 saturated heterocycles. The molecule has 0 saturated carbocycles. The second kappa shape index (κ2) is 8.22. The van der Waals surface area contributed by atoms with Crippen molar-refractivity contribution in [2.45, 2.75) is 16.7 Å². The molecule has 0 bridgehead atoms. The molecule has 1 N–H and O–H groups in total. The molecule has 0 amide bonds. The van der Waals surface area contributed by atoms with Gasteiger partial charge in [-0.15, -0.1) is 0 Å². The van der Waals surface area contributed by atoms with Gasteiger partial charge in [0.05, 0.1) is 23.2 Å². The molecule has 8 heteroatoms. The molecule has 3 aromatic rings. The van der Waals surface area contributed by atoms with Gasteiger partial charge < -0.3 is 15.1 Å². The summed E-state index contributed by atoms with van der Waals surface area (Å²) >= 11 is 0. The van der Waals surface area contributed by atoms with Crippen molar-refractivity contribution in [3.63, 3.8) is 0 Å². The van der Waals surface area contributed by atoms with Crippen LogP contribution in [0.5, 0.6) is 5.75 Å². The lowest BCUT2D eigenvalue weighted by Crippen LogP contribution is -2.47. The molecule has 1 aliphatic rings. The van der Waals surface area contributed by atoms with E-state index in [9.17, 15) is 8.42 Å². The number of likely N-dealkylation sites (N-methyl/N-ethyl adjacent to an activating group) is 1. The Morgan fingerprint density at radius 1 is 1.03 bits per heavy atom. The van der Waals surface area contributed by atoms with Gasteiger partial charge in [-0.3, -0.25) is 4.98 Å². The number of anilines is 1. The fourth-order valence-corrected chi connectivity index (χ4v) is 4.93. The van der Waals surface area contributed by atoms with Gasteiger partial charge in [0.25, 0.3) is 0 Å². The minimum atomic E-state index is -3.78. The third-order valence-corrected chi connectivity index (χ3v) is 7.20. The van der Waals surface area contributed by atoms with Crippen LogP contribution in [0.3, 0.4) is 0 Å². The summed E-state index contributed by atoms with van der Waals surface area (Å²) in [7, 11) is -0.140. The molecule has 0 unspecified atom stereocenters. The highest BCUT2D eigenvalue weighted by Crippen LogP contribution is 2.34. The summed E-state index contributed by atoms with van der Waals surface area (Å²) in [6, 6.07) is 12.3. The van der Waals surface area contributed by atoms with Crippen LogP contribution < -0.4 is 10.2 Å². The maximum atomic E-state index is 13.5. The van der Waals surface area contributed by atoms with Gasteiger partial charge in [0.1, 0.15) is 10.6 Å². The Balaban J connectivity index is 1.83. The van der Waals surface area contributed by atoms with Crippen molar-refractivity contribution < 1.29 is 13.2 Å². The predicted octanol–water partition coefficient (Wildman–Crippen LogP) is 2.96. The van der Waals surface area contributed by atoms with Crippen molar-refractivity contribution in [3.8, 4) is 5.75 Å². The number of piperazine rings is 1. The second-order valence-corrected chi connectivity index (χ2v) is 9.52. The van der Waals surface area contributed by atoms with E-state index in [4.69, 9.17) is 4.74 Å². The van der Waals surface area contributed by atoms with E-state index in [0.29, 0.717) is 11.4 Å². The van der Waals surface area contributed by atoms with E-state index in [1.807, 2.05) is 25.1 Å². The standard InChI is InChI=1S/C22H26N4O3S/c1-16-4-9-20-19(14-16)22(24-26-12-10-25(2)11-13-26)21(15-23-20)30(27,28)18-7-5-17(29-3)6-8-18/h4-9,14-15H,10-13H2,1-3H3,(H,23,24). The summed E-state index contributed by atoms with van der Waals surface area (Å²) in [5, 5.41) is 2.87. The Kier molecular flexibility index (Phi) is 5.64. The van der Waals surface area contributed by atoms with Crippen LogP contribution in [0.25, 0.3) is 10.9 Å². The number of benzene rings is 2. The predicted molar refractivity (Wildman–Crippen MR) is 118 cm³/mol. The molecule has 2 aromatic carbocycles. The van der Waals surface area contributed by atoms with E-state index in [2.05, 4.69) is 27.4 Å². The minimum absolute atomic E-state index is 0.171. The molecule has 0 aliphatic carbocycles. The summed E-state index contributed by atoms with van der Waals surface area (Å²) in [6.45, 7) is 5.41. The number of fused-ring (bicyclic) bond motifs is 1. The van der Waals surface area contributed by atoms with Gasteiger partial charge in [0.2, 0.25) is 9.84 Å². The van der Waals surface area contributed by atoms with Crippen LogP contribution >= 0.6 is 0 Å². The van der Waals surface area contributed by atoms with Gasteiger partial charge in [-0.1, -0.05) is 11.6 Å². The van der Waals surface area contributed by atoms with Crippen molar-refractivity contribution in [3.05, 3.63) is 54.2 Å². The maximum Gasteiger partial charge on any atom is 0.210 e. The van der Waals surface area contributed by atoms with Crippen LogP contribution in [0, 0.1) is 6.92 Å². The highest BCUT2D eigenvalue weighted by molar-refractivity contribution is 7.91. The molecule has 1 fully saturated rings. The van der Waals surface area contributed by atoms with E-state index < -0.39 is 9.84 Å². The fourth-order valence-electron chi connectivity index (χ4n) is 3.57.